The van der Waals surface area contributed by atoms with Crippen LogP contribution >= 0.6 is 11.6 Å². The molecule has 0 aliphatic carbocycles. The number of rotatable bonds is 4. The molecule has 1 amide bonds. The minimum Gasteiger partial charge on any atom is -0.469 e. The lowest BCUT2D eigenvalue weighted by molar-refractivity contribution is -0.147. The minimum atomic E-state index is -0.647. The third kappa shape index (κ3) is 5.25. The van der Waals surface area contributed by atoms with Crippen LogP contribution in [-0.2, 0) is 14.3 Å². The zero-order valence-electron chi connectivity index (χ0n) is 19.6. The number of para-hydroxylation sites is 1. The van der Waals surface area contributed by atoms with E-state index in [9.17, 15) is 9.59 Å². The molecule has 1 fully saturated rings. The zero-order valence-corrected chi connectivity index (χ0v) is 20.3. The highest BCUT2D eigenvalue weighted by Crippen LogP contribution is 2.32. The quantitative estimate of drug-likeness (QED) is 0.524. The number of hydrogen-bond donors (Lipinski definition) is 2. The molecule has 10 heteroatoms. The van der Waals surface area contributed by atoms with E-state index >= 15 is 0 Å². The lowest BCUT2D eigenvalue weighted by atomic mass is 9.94. The van der Waals surface area contributed by atoms with Crippen LogP contribution in [0, 0.1) is 5.92 Å². The molecule has 1 saturated heterocycles. The van der Waals surface area contributed by atoms with Crippen molar-refractivity contribution in [1.29, 1.82) is 0 Å². The number of halogens is 1. The van der Waals surface area contributed by atoms with Crippen molar-refractivity contribution in [3.63, 3.8) is 0 Å². The van der Waals surface area contributed by atoms with Crippen molar-refractivity contribution in [2.24, 2.45) is 5.92 Å². The fourth-order valence-corrected chi connectivity index (χ4v) is 4.29. The summed E-state index contributed by atoms with van der Waals surface area (Å²) < 4.78 is 10.5. The van der Waals surface area contributed by atoms with Gasteiger partial charge in [0, 0.05) is 41.8 Å². The van der Waals surface area contributed by atoms with Crippen LogP contribution in [0.5, 0.6) is 0 Å². The maximum Gasteiger partial charge on any atom is 0.410 e. The van der Waals surface area contributed by atoms with Crippen molar-refractivity contribution in [3.8, 4) is 11.3 Å². The van der Waals surface area contributed by atoms with Crippen molar-refractivity contribution in [3.05, 3.63) is 41.7 Å². The predicted octanol–water partition coefficient (Wildman–Crippen LogP) is 4.49. The molecule has 2 unspecified atom stereocenters. The lowest BCUT2D eigenvalue weighted by Gasteiger charge is -2.37. The van der Waals surface area contributed by atoms with Crippen LogP contribution in [0.3, 0.4) is 0 Å². The summed E-state index contributed by atoms with van der Waals surface area (Å²) in [6, 6.07) is 7.59. The summed E-state index contributed by atoms with van der Waals surface area (Å²) in [7, 11) is 1.34. The second-order valence-electron chi connectivity index (χ2n) is 9.32. The standard InChI is InChI=1S/C24H28ClN5O4/c1-24(2,3)34-23(32)30-12-14(21(31)33-4)9-15(13-30)28-22-27-11-18(25)20(29-22)17-10-26-19-8-6-5-7-16(17)19/h5-8,10-11,14-15,26H,9,12-13H2,1-4H3,(H,27,28,29). The number of esters is 1. The van der Waals surface area contributed by atoms with Crippen molar-refractivity contribution in [2.75, 3.05) is 25.5 Å². The Balaban J connectivity index is 1.58. The Labute approximate surface area is 202 Å². The maximum atomic E-state index is 12.7. The largest absolute Gasteiger partial charge is 0.469 e. The SMILES string of the molecule is COC(=O)C1CC(Nc2ncc(Cl)c(-c3c[nH]c4ccccc34)n2)CN(C(=O)OC(C)(C)C)C1. The van der Waals surface area contributed by atoms with Crippen molar-refractivity contribution in [1.82, 2.24) is 19.9 Å². The van der Waals surface area contributed by atoms with Gasteiger partial charge in [-0.1, -0.05) is 29.8 Å². The van der Waals surface area contributed by atoms with E-state index < -0.39 is 17.6 Å². The summed E-state index contributed by atoms with van der Waals surface area (Å²) in [5, 5.41) is 4.68. The number of H-pyrrole nitrogens is 1. The molecule has 0 radical (unpaired) electrons. The highest BCUT2D eigenvalue weighted by molar-refractivity contribution is 6.33. The van der Waals surface area contributed by atoms with E-state index in [1.807, 2.05) is 30.5 Å². The van der Waals surface area contributed by atoms with E-state index in [0.717, 1.165) is 16.5 Å². The Bertz CT molecular complexity index is 1210. The third-order valence-electron chi connectivity index (χ3n) is 5.56. The van der Waals surface area contributed by atoms with Crippen LogP contribution in [0.15, 0.2) is 36.7 Å². The average Bonchev–Trinajstić information content (AvgIpc) is 3.22. The highest BCUT2D eigenvalue weighted by atomic mass is 35.5. The topological polar surface area (TPSA) is 109 Å². The lowest BCUT2D eigenvalue weighted by Crippen LogP contribution is -2.52. The fourth-order valence-electron chi connectivity index (χ4n) is 4.09. The molecule has 2 N–H and O–H groups in total. The van der Waals surface area contributed by atoms with Crippen LogP contribution in [0.1, 0.15) is 27.2 Å². The Kier molecular flexibility index (Phi) is 6.65. The first-order chi connectivity index (χ1) is 16.1. The minimum absolute atomic E-state index is 0.224. The zero-order chi connectivity index (χ0) is 24.5. The van der Waals surface area contributed by atoms with E-state index in [-0.39, 0.29) is 18.6 Å². The van der Waals surface area contributed by atoms with Gasteiger partial charge >= 0.3 is 12.1 Å². The Morgan fingerprint density at radius 2 is 2.00 bits per heavy atom. The number of aromatic amines is 1. The molecule has 0 bridgehead atoms. The Hall–Kier alpha value is -3.33. The molecular formula is C24H28ClN5O4. The van der Waals surface area contributed by atoms with Gasteiger partial charge in [-0.05, 0) is 33.3 Å². The van der Waals surface area contributed by atoms with Crippen LogP contribution in [0.4, 0.5) is 10.7 Å². The van der Waals surface area contributed by atoms with Crippen molar-refractivity contribution < 1.29 is 19.1 Å². The number of hydrogen-bond acceptors (Lipinski definition) is 7. The van der Waals surface area contributed by atoms with Gasteiger partial charge in [0.25, 0.3) is 0 Å². The van der Waals surface area contributed by atoms with E-state index in [0.29, 0.717) is 29.6 Å². The van der Waals surface area contributed by atoms with Gasteiger partial charge in [0.1, 0.15) is 5.60 Å². The first kappa shape index (κ1) is 23.8. The summed E-state index contributed by atoms with van der Waals surface area (Å²) in [5.41, 5.74) is 1.77. The third-order valence-corrected chi connectivity index (χ3v) is 5.84. The fraction of sp³-hybridized carbons (Fsp3) is 0.417. The maximum absolute atomic E-state index is 12.7. The number of nitrogens with one attached hydrogen (secondary N) is 2. The van der Waals surface area contributed by atoms with Crippen LogP contribution < -0.4 is 5.32 Å². The molecule has 34 heavy (non-hydrogen) atoms. The van der Waals surface area contributed by atoms with Crippen molar-refractivity contribution in [2.45, 2.75) is 38.8 Å². The van der Waals surface area contributed by atoms with Gasteiger partial charge in [0.15, 0.2) is 0 Å². The van der Waals surface area contributed by atoms with Gasteiger partial charge in [0.2, 0.25) is 5.95 Å². The summed E-state index contributed by atoms with van der Waals surface area (Å²) >= 11 is 6.44. The number of fused-ring (bicyclic) bond motifs is 1. The number of ether oxygens (including phenoxy) is 2. The van der Waals surface area contributed by atoms with Gasteiger partial charge < -0.3 is 24.7 Å². The summed E-state index contributed by atoms with van der Waals surface area (Å²) in [6.45, 7) is 5.96. The van der Waals surface area contributed by atoms with Gasteiger partial charge in [0.05, 0.1) is 29.9 Å². The first-order valence-corrected chi connectivity index (χ1v) is 11.4. The number of carbonyl (C=O) groups is 2. The van der Waals surface area contributed by atoms with E-state index in [4.69, 9.17) is 21.1 Å². The van der Waals surface area contributed by atoms with Crippen LogP contribution in [-0.4, -0.2) is 63.8 Å². The predicted molar refractivity (Wildman–Crippen MR) is 130 cm³/mol. The number of piperidine rings is 1. The number of anilines is 1. The number of amides is 1. The second kappa shape index (κ2) is 9.50. The molecule has 1 aromatic carbocycles. The molecule has 2 atom stereocenters. The van der Waals surface area contributed by atoms with Crippen LogP contribution in [0.25, 0.3) is 22.2 Å². The molecule has 0 spiro atoms. The molecule has 1 aliphatic rings. The average molecular weight is 486 g/mol. The Morgan fingerprint density at radius 1 is 1.24 bits per heavy atom. The van der Waals surface area contributed by atoms with E-state index in [1.54, 1.807) is 27.0 Å². The number of benzene rings is 1. The number of methoxy groups -OCH3 is 1. The summed E-state index contributed by atoms with van der Waals surface area (Å²) in [5.74, 6) is -0.523. The number of likely N-dealkylation sites (tertiary alicyclic amines) is 1. The molecule has 180 valence electrons. The molecule has 1 aliphatic heterocycles. The monoisotopic (exact) mass is 485 g/mol. The second-order valence-corrected chi connectivity index (χ2v) is 9.73. The normalized spacial score (nSPS) is 18.6. The van der Waals surface area contributed by atoms with Gasteiger partial charge in [-0.15, -0.1) is 0 Å². The van der Waals surface area contributed by atoms with E-state index in [2.05, 4.69) is 20.3 Å². The van der Waals surface area contributed by atoms with Crippen molar-refractivity contribution >= 4 is 40.5 Å². The van der Waals surface area contributed by atoms with Gasteiger partial charge in [-0.25, -0.2) is 14.8 Å². The first-order valence-electron chi connectivity index (χ1n) is 11.1. The smallest absolute Gasteiger partial charge is 0.410 e. The molecule has 2 aromatic heterocycles. The molecule has 3 heterocycles. The number of aromatic nitrogens is 3. The summed E-state index contributed by atoms with van der Waals surface area (Å²) in [4.78, 5) is 38.8. The van der Waals surface area contributed by atoms with Gasteiger partial charge in [-0.2, -0.15) is 0 Å². The number of nitrogens with zero attached hydrogens (tertiary/aromatic N) is 3. The Morgan fingerprint density at radius 3 is 2.74 bits per heavy atom. The van der Waals surface area contributed by atoms with Gasteiger partial charge in [-0.3, -0.25) is 4.79 Å². The van der Waals surface area contributed by atoms with E-state index in [1.165, 1.54) is 12.0 Å². The molecule has 4 rings (SSSR count). The summed E-state index contributed by atoms with van der Waals surface area (Å²) in [6.07, 6.45) is 3.38. The molecule has 0 saturated carbocycles. The number of carbonyl (C=O) groups excluding carboxylic acids is 2. The molecular weight excluding hydrogens is 458 g/mol. The molecule has 3 aromatic rings. The highest BCUT2D eigenvalue weighted by Gasteiger charge is 2.36. The van der Waals surface area contributed by atoms with Crippen LogP contribution in [0.2, 0.25) is 5.02 Å². The molecule has 9 nitrogen and oxygen atoms in total.